The number of aliphatic carboxylic acids is 1. The average molecular weight is 301 g/mol. The van der Waals surface area contributed by atoms with Crippen molar-refractivity contribution in [3.05, 3.63) is 0 Å². The highest BCUT2D eigenvalue weighted by Crippen LogP contribution is 2.21. The third kappa shape index (κ3) is 3.79. The largest absolute Gasteiger partial charge is 0.480 e. The van der Waals surface area contributed by atoms with Gasteiger partial charge in [-0.25, -0.2) is 9.59 Å². The van der Waals surface area contributed by atoms with E-state index in [1.165, 1.54) is 16.7 Å². The molecule has 2 rings (SSSR count). The topological polar surface area (TPSA) is 72.9 Å². The minimum Gasteiger partial charge on any atom is -0.480 e. The molecule has 2 fully saturated rings. The molecule has 2 saturated heterocycles. The van der Waals surface area contributed by atoms with Crippen LogP contribution in [0.2, 0.25) is 0 Å². The van der Waals surface area contributed by atoms with Crippen molar-refractivity contribution in [3.63, 3.8) is 0 Å². The predicted molar refractivity (Wildman–Crippen MR) is 78.8 cm³/mol. The zero-order valence-electron chi connectivity index (χ0n) is 11.9. The molecule has 0 saturated carbocycles. The van der Waals surface area contributed by atoms with E-state index in [1.807, 2.05) is 0 Å². The molecule has 7 heteroatoms. The normalized spacial score (nSPS) is 24.9. The van der Waals surface area contributed by atoms with Gasteiger partial charge in [-0.3, -0.25) is 0 Å². The van der Waals surface area contributed by atoms with Gasteiger partial charge in [-0.15, -0.1) is 11.8 Å². The van der Waals surface area contributed by atoms with E-state index in [-0.39, 0.29) is 6.03 Å². The van der Waals surface area contributed by atoms with Crippen LogP contribution < -0.4 is 5.32 Å². The Morgan fingerprint density at radius 2 is 2.05 bits per heavy atom. The highest BCUT2D eigenvalue weighted by molar-refractivity contribution is 7.99. The molecule has 6 nitrogen and oxygen atoms in total. The van der Waals surface area contributed by atoms with Crippen molar-refractivity contribution in [2.75, 3.05) is 37.8 Å². The summed E-state index contributed by atoms with van der Waals surface area (Å²) in [5.41, 5.74) is 0. The summed E-state index contributed by atoms with van der Waals surface area (Å²) < 4.78 is 0. The zero-order chi connectivity index (χ0) is 14.5. The highest BCUT2D eigenvalue weighted by atomic mass is 32.2. The molecule has 1 atom stereocenters. The number of thioether (sulfide) groups is 1. The summed E-state index contributed by atoms with van der Waals surface area (Å²) in [7, 11) is 0. The van der Waals surface area contributed by atoms with Crippen LogP contribution in [0.15, 0.2) is 0 Å². The number of carbonyl (C=O) groups excluding carboxylic acids is 1. The van der Waals surface area contributed by atoms with E-state index in [2.05, 4.69) is 17.1 Å². The minimum absolute atomic E-state index is 0.236. The summed E-state index contributed by atoms with van der Waals surface area (Å²) in [6.45, 7) is 6.09. The summed E-state index contributed by atoms with van der Waals surface area (Å²) in [6.07, 6.45) is 2.20. The maximum atomic E-state index is 12.1. The number of carbonyl (C=O) groups is 2. The molecule has 2 N–H and O–H groups in total. The number of carboxylic acid groups (broad SMARTS) is 1. The van der Waals surface area contributed by atoms with Gasteiger partial charge in [0.2, 0.25) is 0 Å². The van der Waals surface area contributed by atoms with Crippen LogP contribution in [0.25, 0.3) is 0 Å². The lowest BCUT2D eigenvalue weighted by Gasteiger charge is -2.31. The van der Waals surface area contributed by atoms with E-state index in [1.54, 1.807) is 0 Å². The number of urea groups is 1. The Bertz CT molecular complexity index is 359. The summed E-state index contributed by atoms with van der Waals surface area (Å²) >= 11 is 1.49. The fourth-order valence-electron chi connectivity index (χ4n) is 2.69. The molecule has 0 aromatic carbocycles. The molecule has 0 aliphatic carbocycles. The fraction of sp³-hybridized carbons (Fsp3) is 0.846. The van der Waals surface area contributed by atoms with E-state index in [9.17, 15) is 9.59 Å². The molecule has 2 amide bonds. The Hall–Kier alpha value is -0.950. The van der Waals surface area contributed by atoms with Gasteiger partial charge in [0.05, 0.1) is 5.88 Å². The van der Waals surface area contributed by atoms with Gasteiger partial charge in [0.1, 0.15) is 6.04 Å². The smallest absolute Gasteiger partial charge is 0.327 e. The third-order valence-electron chi connectivity index (χ3n) is 4.12. The summed E-state index contributed by atoms with van der Waals surface area (Å²) in [4.78, 5) is 26.9. The standard InChI is InChI=1S/C13H23N3O3S/c1-2-15-5-3-10(4-6-15)7-14-13(19)16-9-20-8-11(16)12(17)18/h10-11H,2-9H2,1H3,(H,14,19)(H,17,18)/t11-/m0/s1. The van der Waals surface area contributed by atoms with Gasteiger partial charge in [0.25, 0.3) is 0 Å². The molecule has 0 radical (unpaired) electrons. The van der Waals surface area contributed by atoms with E-state index in [0.29, 0.717) is 24.1 Å². The van der Waals surface area contributed by atoms with Crippen LogP contribution in [0.1, 0.15) is 19.8 Å². The molecule has 0 aromatic rings. The SMILES string of the molecule is CCN1CCC(CNC(=O)N2CSC[C@H]2C(=O)O)CC1. The molecule has 114 valence electrons. The number of nitrogens with one attached hydrogen (secondary N) is 1. The number of rotatable bonds is 4. The van der Waals surface area contributed by atoms with Crippen LogP contribution in [-0.2, 0) is 4.79 Å². The second kappa shape index (κ2) is 7.17. The summed E-state index contributed by atoms with van der Waals surface area (Å²) in [5.74, 6) is 0.552. The van der Waals surface area contributed by atoms with Gasteiger partial charge in [0, 0.05) is 12.3 Å². The first-order valence-electron chi connectivity index (χ1n) is 7.19. The summed E-state index contributed by atoms with van der Waals surface area (Å²) in [6, 6.07) is -0.915. The van der Waals surface area contributed by atoms with E-state index in [4.69, 9.17) is 5.11 Å². The molecule has 20 heavy (non-hydrogen) atoms. The van der Waals surface area contributed by atoms with Gasteiger partial charge in [-0.05, 0) is 38.4 Å². The van der Waals surface area contributed by atoms with Gasteiger partial charge in [0.15, 0.2) is 0 Å². The van der Waals surface area contributed by atoms with E-state index in [0.717, 1.165) is 32.5 Å². The maximum absolute atomic E-state index is 12.1. The van der Waals surface area contributed by atoms with Gasteiger partial charge < -0.3 is 20.2 Å². The monoisotopic (exact) mass is 301 g/mol. The first-order chi connectivity index (χ1) is 9.61. The van der Waals surface area contributed by atoms with Gasteiger partial charge in [-0.1, -0.05) is 6.92 Å². The lowest BCUT2D eigenvalue weighted by atomic mass is 9.97. The second-order valence-electron chi connectivity index (χ2n) is 5.39. The zero-order valence-corrected chi connectivity index (χ0v) is 12.7. The Morgan fingerprint density at radius 1 is 1.35 bits per heavy atom. The van der Waals surface area contributed by atoms with Crippen LogP contribution in [0.3, 0.4) is 0 Å². The molecular weight excluding hydrogens is 278 g/mol. The molecule has 2 aliphatic rings. The first-order valence-corrected chi connectivity index (χ1v) is 8.34. The number of hydrogen-bond acceptors (Lipinski definition) is 4. The van der Waals surface area contributed by atoms with E-state index < -0.39 is 12.0 Å². The minimum atomic E-state index is -0.915. The van der Waals surface area contributed by atoms with E-state index >= 15 is 0 Å². The van der Waals surface area contributed by atoms with Crippen molar-refractivity contribution in [2.45, 2.75) is 25.8 Å². The molecule has 0 spiro atoms. The second-order valence-corrected chi connectivity index (χ2v) is 6.39. The van der Waals surface area contributed by atoms with Crippen LogP contribution in [0.4, 0.5) is 4.79 Å². The number of nitrogens with zero attached hydrogens (tertiary/aromatic N) is 2. The molecule has 0 bridgehead atoms. The molecule has 0 aromatic heterocycles. The predicted octanol–water partition coefficient (Wildman–Crippen LogP) is 0.887. The van der Waals surface area contributed by atoms with Crippen molar-refractivity contribution in [1.29, 1.82) is 0 Å². The van der Waals surface area contributed by atoms with Crippen LogP contribution in [0.5, 0.6) is 0 Å². The van der Waals surface area contributed by atoms with Crippen LogP contribution >= 0.6 is 11.8 Å². The summed E-state index contributed by atoms with van der Waals surface area (Å²) in [5, 5.41) is 12.0. The fourth-order valence-corrected chi connectivity index (χ4v) is 3.83. The van der Waals surface area contributed by atoms with Crippen LogP contribution in [0, 0.1) is 5.92 Å². The highest BCUT2D eigenvalue weighted by Gasteiger charge is 2.34. The lowest BCUT2D eigenvalue weighted by molar-refractivity contribution is -0.140. The van der Waals surface area contributed by atoms with Crippen molar-refractivity contribution in [3.8, 4) is 0 Å². The lowest BCUT2D eigenvalue weighted by Crippen LogP contribution is -2.48. The number of carboxylic acids is 1. The van der Waals surface area contributed by atoms with Gasteiger partial charge >= 0.3 is 12.0 Å². The van der Waals surface area contributed by atoms with Crippen molar-refractivity contribution < 1.29 is 14.7 Å². The van der Waals surface area contributed by atoms with Crippen molar-refractivity contribution in [2.24, 2.45) is 5.92 Å². The quantitative estimate of drug-likeness (QED) is 0.807. The van der Waals surface area contributed by atoms with Crippen molar-refractivity contribution >= 4 is 23.8 Å². The molecule has 2 heterocycles. The average Bonchev–Trinajstić information content (AvgIpc) is 2.95. The maximum Gasteiger partial charge on any atom is 0.327 e. The Labute approximate surface area is 123 Å². The molecule has 0 unspecified atom stereocenters. The third-order valence-corrected chi connectivity index (χ3v) is 5.14. The number of likely N-dealkylation sites (tertiary alicyclic amines) is 1. The van der Waals surface area contributed by atoms with Crippen LogP contribution in [-0.4, -0.2) is 70.8 Å². The number of hydrogen-bond donors (Lipinski definition) is 2. The Morgan fingerprint density at radius 3 is 2.65 bits per heavy atom. The molecule has 2 aliphatic heterocycles. The molecular formula is C13H23N3O3S. The number of amides is 2. The number of piperidine rings is 1. The van der Waals surface area contributed by atoms with Crippen molar-refractivity contribution in [1.82, 2.24) is 15.1 Å². The Balaban J connectivity index is 1.74. The van der Waals surface area contributed by atoms with Gasteiger partial charge in [-0.2, -0.15) is 0 Å². The Kier molecular flexibility index (Phi) is 5.54. The first kappa shape index (κ1) is 15.4.